The maximum Gasteiger partial charge on any atom is 0.218 e. The Bertz CT molecular complexity index is 273. The van der Waals surface area contributed by atoms with E-state index in [9.17, 15) is 0 Å². The van der Waals surface area contributed by atoms with E-state index in [0.29, 0.717) is 5.88 Å². The Morgan fingerprint density at radius 2 is 2.50 bits per heavy atom. The second-order valence-corrected chi connectivity index (χ2v) is 2.36. The molecule has 0 unspecified atom stereocenters. The number of aromatic nitrogens is 1. The second-order valence-electron chi connectivity index (χ2n) is 2.36. The molecule has 1 heterocycles. The van der Waals surface area contributed by atoms with Gasteiger partial charge in [0.2, 0.25) is 5.88 Å². The summed E-state index contributed by atoms with van der Waals surface area (Å²) in [5.41, 5.74) is 6.59. The molecule has 3 heteroatoms. The molecule has 1 atom stereocenters. The van der Waals surface area contributed by atoms with Crippen LogP contribution in [0.25, 0.3) is 0 Å². The number of methoxy groups -OCH3 is 1. The summed E-state index contributed by atoms with van der Waals surface area (Å²) in [4.78, 5) is 4.02. The number of rotatable bonds is 3. The molecule has 64 valence electrons. The van der Waals surface area contributed by atoms with Crippen molar-refractivity contribution in [3.05, 3.63) is 36.5 Å². The van der Waals surface area contributed by atoms with Crippen LogP contribution in [0.2, 0.25) is 0 Å². The van der Waals surface area contributed by atoms with E-state index in [1.54, 1.807) is 19.4 Å². The van der Waals surface area contributed by atoms with Crippen LogP contribution in [-0.2, 0) is 0 Å². The van der Waals surface area contributed by atoms with E-state index in [4.69, 9.17) is 10.5 Å². The van der Waals surface area contributed by atoms with Crippen LogP contribution in [-0.4, -0.2) is 12.1 Å². The van der Waals surface area contributed by atoms with E-state index < -0.39 is 0 Å². The number of hydrogen-bond acceptors (Lipinski definition) is 3. The molecule has 0 bridgehead atoms. The van der Waals surface area contributed by atoms with E-state index in [0.717, 1.165) is 5.56 Å². The predicted octanol–water partition coefficient (Wildman–Crippen LogP) is 1.28. The lowest BCUT2D eigenvalue weighted by molar-refractivity contribution is 0.391. The highest BCUT2D eigenvalue weighted by Crippen LogP contribution is 2.20. The molecule has 1 aromatic heterocycles. The summed E-state index contributed by atoms with van der Waals surface area (Å²) in [6.07, 6.45) is 3.32. The molecular weight excluding hydrogens is 152 g/mol. The number of nitrogens with zero attached hydrogens (tertiary/aromatic N) is 1. The summed E-state index contributed by atoms with van der Waals surface area (Å²) in [6.45, 7) is 3.60. The van der Waals surface area contributed by atoms with Crippen molar-refractivity contribution in [3.63, 3.8) is 0 Å². The Morgan fingerprint density at radius 1 is 1.75 bits per heavy atom. The van der Waals surface area contributed by atoms with Crippen molar-refractivity contribution in [2.75, 3.05) is 7.11 Å². The third kappa shape index (κ3) is 1.62. The lowest BCUT2D eigenvalue weighted by Gasteiger charge is -2.09. The summed E-state index contributed by atoms with van der Waals surface area (Å²) in [7, 11) is 1.57. The minimum absolute atomic E-state index is 0.214. The molecule has 3 nitrogen and oxygen atoms in total. The normalized spacial score (nSPS) is 12.2. The molecule has 2 N–H and O–H groups in total. The SMILES string of the molecule is C=C[C@H](N)c1cccnc1OC. The van der Waals surface area contributed by atoms with Crippen LogP contribution in [0.1, 0.15) is 11.6 Å². The van der Waals surface area contributed by atoms with Crippen molar-refractivity contribution >= 4 is 0 Å². The number of hydrogen-bond donors (Lipinski definition) is 1. The molecule has 0 spiro atoms. The molecule has 0 aliphatic heterocycles. The van der Waals surface area contributed by atoms with Crippen LogP contribution in [0.3, 0.4) is 0 Å². The zero-order valence-electron chi connectivity index (χ0n) is 7.03. The first-order valence-electron chi connectivity index (χ1n) is 3.66. The molecule has 0 radical (unpaired) electrons. The molecule has 0 aromatic carbocycles. The highest BCUT2D eigenvalue weighted by atomic mass is 16.5. The molecule has 0 aliphatic rings. The standard InChI is InChI=1S/C9H12N2O/c1-3-8(10)7-5-4-6-11-9(7)12-2/h3-6,8H,1,10H2,2H3/t8-/m0/s1. The van der Waals surface area contributed by atoms with Crippen LogP contribution in [0.15, 0.2) is 31.0 Å². The van der Waals surface area contributed by atoms with E-state index in [2.05, 4.69) is 11.6 Å². The Morgan fingerprint density at radius 3 is 3.08 bits per heavy atom. The minimum atomic E-state index is -0.214. The molecule has 0 saturated heterocycles. The van der Waals surface area contributed by atoms with Crippen molar-refractivity contribution in [2.45, 2.75) is 6.04 Å². The summed E-state index contributed by atoms with van der Waals surface area (Å²) in [5.74, 6) is 0.560. The van der Waals surface area contributed by atoms with Gasteiger partial charge in [-0.1, -0.05) is 12.1 Å². The second kappa shape index (κ2) is 3.88. The van der Waals surface area contributed by atoms with Gasteiger partial charge in [0.05, 0.1) is 13.2 Å². The average Bonchev–Trinajstić information content (AvgIpc) is 2.16. The fourth-order valence-corrected chi connectivity index (χ4v) is 0.954. The number of nitrogens with two attached hydrogens (primary N) is 1. The summed E-state index contributed by atoms with van der Waals surface area (Å²) >= 11 is 0. The Hall–Kier alpha value is -1.35. The van der Waals surface area contributed by atoms with Crippen molar-refractivity contribution < 1.29 is 4.74 Å². The van der Waals surface area contributed by atoms with E-state index in [1.165, 1.54) is 0 Å². The summed E-state index contributed by atoms with van der Waals surface area (Å²) < 4.78 is 5.03. The van der Waals surface area contributed by atoms with Gasteiger partial charge in [0.15, 0.2) is 0 Å². The number of pyridine rings is 1. The van der Waals surface area contributed by atoms with Crippen molar-refractivity contribution in [1.29, 1.82) is 0 Å². The van der Waals surface area contributed by atoms with Gasteiger partial charge in [-0.2, -0.15) is 0 Å². The monoisotopic (exact) mass is 164 g/mol. The van der Waals surface area contributed by atoms with E-state index in [1.807, 2.05) is 12.1 Å². The Labute approximate surface area is 71.9 Å². The van der Waals surface area contributed by atoms with Crippen LogP contribution < -0.4 is 10.5 Å². The molecule has 0 fully saturated rings. The van der Waals surface area contributed by atoms with Crippen molar-refractivity contribution in [3.8, 4) is 5.88 Å². The largest absolute Gasteiger partial charge is 0.481 e. The zero-order valence-corrected chi connectivity index (χ0v) is 7.03. The van der Waals surface area contributed by atoms with E-state index in [-0.39, 0.29) is 6.04 Å². The van der Waals surface area contributed by atoms with Gasteiger partial charge < -0.3 is 10.5 Å². The highest BCUT2D eigenvalue weighted by molar-refractivity contribution is 5.30. The van der Waals surface area contributed by atoms with Gasteiger partial charge in [-0.25, -0.2) is 4.98 Å². The highest BCUT2D eigenvalue weighted by Gasteiger charge is 2.07. The quantitative estimate of drug-likeness (QED) is 0.684. The molecule has 0 saturated carbocycles. The van der Waals surface area contributed by atoms with Gasteiger partial charge in [-0.05, 0) is 6.07 Å². The maximum atomic E-state index is 5.73. The van der Waals surface area contributed by atoms with Crippen molar-refractivity contribution in [1.82, 2.24) is 4.98 Å². The summed E-state index contributed by atoms with van der Waals surface area (Å²) in [5, 5.41) is 0. The van der Waals surface area contributed by atoms with Crippen LogP contribution in [0.5, 0.6) is 5.88 Å². The molecule has 1 aromatic rings. The van der Waals surface area contributed by atoms with Crippen LogP contribution in [0, 0.1) is 0 Å². The van der Waals surface area contributed by atoms with Crippen molar-refractivity contribution in [2.24, 2.45) is 5.73 Å². The molecule has 0 amide bonds. The average molecular weight is 164 g/mol. The predicted molar refractivity (Wildman–Crippen MR) is 47.9 cm³/mol. The lowest BCUT2D eigenvalue weighted by Crippen LogP contribution is -2.08. The van der Waals surface area contributed by atoms with Gasteiger partial charge in [0.25, 0.3) is 0 Å². The lowest BCUT2D eigenvalue weighted by atomic mass is 10.1. The van der Waals surface area contributed by atoms with Crippen LogP contribution in [0.4, 0.5) is 0 Å². The topological polar surface area (TPSA) is 48.1 Å². The third-order valence-electron chi connectivity index (χ3n) is 1.61. The van der Waals surface area contributed by atoms with Gasteiger partial charge in [0.1, 0.15) is 0 Å². The first-order chi connectivity index (χ1) is 5.79. The van der Waals surface area contributed by atoms with E-state index >= 15 is 0 Å². The van der Waals surface area contributed by atoms with Crippen LogP contribution >= 0.6 is 0 Å². The first kappa shape index (κ1) is 8.74. The maximum absolute atomic E-state index is 5.73. The molecule has 0 aliphatic carbocycles. The summed E-state index contributed by atoms with van der Waals surface area (Å²) in [6, 6.07) is 3.48. The Balaban J connectivity index is 3.04. The molecule has 12 heavy (non-hydrogen) atoms. The van der Waals surface area contributed by atoms with Gasteiger partial charge >= 0.3 is 0 Å². The fraction of sp³-hybridized carbons (Fsp3) is 0.222. The van der Waals surface area contributed by atoms with Gasteiger partial charge in [-0.3, -0.25) is 0 Å². The number of ether oxygens (including phenoxy) is 1. The first-order valence-corrected chi connectivity index (χ1v) is 3.66. The van der Waals surface area contributed by atoms with Gasteiger partial charge in [-0.15, -0.1) is 6.58 Å². The Kier molecular flexibility index (Phi) is 2.82. The smallest absolute Gasteiger partial charge is 0.218 e. The minimum Gasteiger partial charge on any atom is -0.481 e. The zero-order chi connectivity index (χ0) is 8.97. The third-order valence-corrected chi connectivity index (χ3v) is 1.61. The van der Waals surface area contributed by atoms with Gasteiger partial charge in [0, 0.05) is 11.8 Å². The molecular formula is C9H12N2O. The fourth-order valence-electron chi connectivity index (χ4n) is 0.954. The molecule has 1 rings (SSSR count).